The fraction of sp³-hybridized carbons (Fsp3) is 0.185. The molecule has 4 aromatic rings. The van der Waals surface area contributed by atoms with Crippen LogP contribution in [0.5, 0.6) is 0 Å². The van der Waals surface area contributed by atoms with Crippen LogP contribution in [0.4, 0.5) is 10.3 Å². The van der Waals surface area contributed by atoms with Crippen LogP contribution in [-0.2, 0) is 11.2 Å². The van der Waals surface area contributed by atoms with Gasteiger partial charge in [-0.3, -0.25) is 34.9 Å². The minimum Gasteiger partial charge on any atom is -0.361 e. The van der Waals surface area contributed by atoms with E-state index in [2.05, 4.69) is 30.6 Å². The number of aliphatic imine (C=N–C) groups is 1. The minimum atomic E-state index is -0.621. The molecule has 0 radical (unpaired) electrons. The van der Waals surface area contributed by atoms with Crippen molar-refractivity contribution in [3.8, 4) is 0 Å². The van der Waals surface area contributed by atoms with Crippen LogP contribution in [0.2, 0.25) is 0 Å². The van der Waals surface area contributed by atoms with Crippen molar-refractivity contribution in [2.75, 3.05) is 18.4 Å². The predicted octanol–water partition coefficient (Wildman–Crippen LogP) is 3.14. The van der Waals surface area contributed by atoms with E-state index in [1.54, 1.807) is 42.6 Å². The Morgan fingerprint density at radius 2 is 1.71 bits per heavy atom. The summed E-state index contributed by atoms with van der Waals surface area (Å²) in [5.41, 5.74) is 3.63. The summed E-state index contributed by atoms with van der Waals surface area (Å²) in [4.78, 5) is 55.4. The number of aryl methyl sites for hydroxylation is 2. The lowest BCUT2D eigenvalue weighted by atomic mass is 10.1. The molecule has 3 N–H and O–H groups in total. The summed E-state index contributed by atoms with van der Waals surface area (Å²) in [6.45, 7) is 3.38. The van der Waals surface area contributed by atoms with E-state index in [-0.39, 0.29) is 35.4 Å². The number of imide groups is 1. The van der Waals surface area contributed by atoms with Crippen LogP contribution >= 0.6 is 0 Å². The molecule has 1 aliphatic heterocycles. The fourth-order valence-corrected chi connectivity index (χ4v) is 4.34. The molecule has 0 fully saturated rings. The predicted molar refractivity (Wildman–Crippen MR) is 139 cm³/mol. The molecule has 5 rings (SSSR count). The average molecular weight is 514 g/mol. The Morgan fingerprint density at radius 1 is 1.03 bits per heavy atom. The molecule has 38 heavy (non-hydrogen) atoms. The van der Waals surface area contributed by atoms with Gasteiger partial charge >= 0.3 is 0 Å². The zero-order chi connectivity index (χ0) is 26.8. The number of carbonyl (C=O) groups excluding carboxylic acids is 3. The number of hydrogen-bond acceptors (Lipinski definition) is 6. The third-order valence-corrected chi connectivity index (χ3v) is 6.03. The Bertz CT molecular complexity index is 1560. The van der Waals surface area contributed by atoms with Crippen molar-refractivity contribution in [1.29, 1.82) is 0 Å². The standard InChI is InChI=1S/C27H24FN7O3/c1-15-11-16(2)32-27(31-15)34-26(29-10-9-17-13-30-22-8-7-18(28)12-21(17)22)33-23(36)14-35-24(37)19-5-3-4-6-20(19)25(35)38/h3-8,11-13,30H,9-10,14H2,1-2H3,(H2,29,31,32,33,34,36). The fourth-order valence-electron chi connectivity index (χ4n) is 4.34. The molecule has 2 aromatic heterocycles. The summed E-state index contributed by atoms with van der Waals surface area (Å²) in [6.07, 6.45) is 2.25. The number of fused-ring (bicyclic) bond motifs is 2. The van der Waals surface area contributed by atoms with Crippen molar-refractivity contribution in [1.82, 2.24) is 25.2 Å². The molecule has 0 aliphatic carbocycles. The number of hydrogen-bond donors (Lipinski definition) is 3. The van der Waals surface area contributed by atoms with E-state index in [4.69, 9.17) is 0 Å². The smallest absolute Gasteiger partial charge is 0.262 e. The van der Waals surface area contributed by atoms with Crippen LogP contribution in [0.3, 0.4) is 0 Å². The van der Waals surface area contributed by atoms with Gasteiger partial charge < -0.3 is 4.98 Å². The topological polar surface area (TPSA) is 132 Å². The Labute approximate surface area is 217 Å². The van der Waals surface area contributed by atoms with Gasteiger partial charge in [-0.2, -0.15) is 0 Å². The van der Waals surface area contributed by atoms with Gasteiger partial charge in [0.05, 0.1) is 11.1 Å². The lowest BCUT2D eigenvalue weighted by molar-refractivity contribution is -0.120. The largest absolute Gasteiger partial charge is 0.361 e. The first-order valence-electron chi connectivity index (χ1n) is 11.9. The van der Waals surface area contributed by atoms with Gasteiger partial charge in [-0.15, -0.1) is 0 Å². The molecule has 11 heteroatoms. The SMILES string of the molecule is Cc1cc(C)nc(NC(=NCCc2c[nH]c3ccc(F)cc23)NC(=O)CN2C(=O)c3ccccc3C2=O)n1. The van der Waals surface area contributed by atoms with Crippen LogP contribution in [0.15, 0.2) is 59.7 Å². The molecule has 3 heterocycles. The zero-order valence-electron chi connectivity index (χ0n) is 20.7. The summed E-state index contributed by atoms with van der Waals surface area (Å²) in [5, 5.41) is 6.31. The molecule has 192 valence electrons. The molecule has 0 atom stereocenters. The third-order valence-electron chi connectivity index (χ3n) is 6.03. The highest BCUT2D eigenvalue weighted by Gasteiger charge is 2.36. The molecule has 2 aromatic carbocycles. The Hall–Kier alpha value is -4.93. The van der Waals surface area contributed by atoms with Gasteiger partial charge in [-0.05, 0) is 62.2 Å². The number of halogens is 1. The first-order chi connectivity index (χ1) is 18.3. The van der Waals surface area contributed by atoms with E-state index in [9.17, 15) is 18.8 Å². The first kappa shape index (κ1) is 24.8. The molecule has 3 amide bonds. The van der Waals surface area contributed by atoms with Crippen LogP contribution in [0.1, 0.15) is 37.7 Å². The molecule has 0 saturated heterocycles. The minimum absolute atomic E-state index is 0.0580. The third kappa shape index (κ3) is 5.12. The van der Waals surface area contributed by atoms with Crippen molar-refractivity contribution in [2.24, 2.45) is 4.99 Å². The van der Waals surface area contributed by atoms with E-state index < -0.39 is 24.3 Å². The number of carbonyl (C=O) groups is 3. The number of aromatic nitrogens is 3. The number of nitrogens with zero attached hydrogens (tertiary/aromatic N) is 4. The summed E-state index contributed by atoms with van der Waals surface area (Å²) < 4.78 is 13.7. The van der Waals surface area contributed by atoms with Gasteiger partial charge in [0.25, 0.3) is 11.8 Å². The summed E-state index contributed by atoms with van der Waals surface area (Å²) in [5.74, 6) is -1.73. The first-order valence-corrected chi connectivity index (χ1v) is 11.9. The van der Waals surface area contributed by atoms with Gasteiger partial charge in [0, 0.05) is 35.0 Å². The molecular weight excluding hydrogens is 489 g/mol. The van der Waals surface area contributed by atoms with Crippen molar-refractivity contribution < 1.29 is 18.8 Å². The number of H-pyrrole nitrogens is 1. The highest BCUT2D eigenvalue weighted by Crippen LogP contribution is 2.22. The van der Waals surface area contributed by atoms with Crippen LogP contribution in [-0.4, -0.2) is 56.6 Å². The number of amides is 3. The Kier molecular flexibility index (Phi) is 6.65. The van der Waals surface area contributed by atoms with Gasteiger partial charge in [0.15, 0.2) is 0 Å². The van der Waals surface area contributed by atoms with Crippen molar-refractivity contribution >= 4 is 40.5 Å². The number of guanidine groups is 1. The molecular formula is C27H24FN7O3. The monoisotopic (exact) mass is 513 g/mol. The molecule has 1 aliphatic rings. The number of anilines is 1. The Morgan fingerprint density at radius 3 is 2.39 bits per heavy atom. The second kappa shape index (κ2) is 10.2. The maximum atomic E-state index is 13.7. The molecule has 0 bridgehead atoms. The van der Waals surface area contributed by atoms with Gasteiger partial charge in [-0.25, -0.2) is 14.4 Å². The summed E-state index contributed by atoms with van der Waals surface area (Å²) >= 11 is 0. The van der Waals surface area contributed by atoms with Crippen LogP contribution in [0.25, 0.3) is 10.9 Å². The molecule has 10 nitrogen and oxygen atoms in total. The number of benzene rings is 2. The van der Waals surface area contributed by atoms with Crippen LogP contribution < -0.4 is 10.6 Å². The Balaban J connectivity index is 1.33. The lowest BCUT2D eigenvalue weighted by Crippen LogP contribution is -2.44. The van der Waals surface area contributed by atoms with Crippen molar-refractivity contribution in [3.63, 3.8) is 0 Å². The normalized spacial score (nSPS) is 13.2. The van der Waals surface area contributed by atoms with Crippen molar-refractivity contribution in [2.45, 2.75) is 20.3 Å². The van der Waals surface area contributed by atoms with E-state index in [1.165, 1.54) is 12.1 Å². The lowest BCUT2D eigenvalue weighted by Gasteiger charge is -2.15. The van der Waals surface area contributed by atoms with E-state index in [1.807, 2.05) is 13.8 Å². The van der Waals surface area contributed by atoms with Gasteiger partial charge in [-0.1, -0.05) is 12.1 Å². The number of rotatable bonds is 6. The summed E-state index contributed by atoms with van der Waals surface area (Å²) in [7, 11) is 0. The highest BCUT2D eigenvalue weighted by atomic mass is 19.1. The van der Waals surface area contributed by atoms with Crippen LogP contribution in [0, 0.1) is 19.7 Å². The van der Waals surface area contributed by atoms with Gasteiger partial charge in [0.1, 0.15) is 12.4 Å². The summed E-state index contributed by atoms with van der Waals surface area (Å²) in [6, 6.07) is 12.7. The van der Waals surface area contributed by atoms with E-state index >= 15 is 0 Å². The maximum Gasteiger partial charge on any atom is 0.262 e. The van der Waals surface area contributed by atoms with E-state index in [0.29, 0.717) is 6.42 Å². The average Bonchev–Trinajstić information content (AvgIpc) is 3.37. The molecule has 0 spiro atoms. The highest BCUT2D eigenvalue weighted by molar-refractivity contribution is 6.22. The molecule has 0 unspecified atom stereocenters. The number of aromatic amines is 1. The second-order valence-electron chi connectivity index (χ2n) is 8.87. The zero-order valence-corrected chi connectivity index (χ0v) is 20.7. The second-order valence-corrected chi connectivity index (χ2v) is 8.87. The van der Waals surface area contributed by atoms with E-state index in [0.717, 1.165) is 32.8 Å². The number of nitrogens with one attached hydrogen (secondary N) is 3. The van der Waals surface area contributed by atoms with Gasteiger partial charge in [0.2, 0.25) is 17.8 Å². The molecule has 0 saturated carbocycles. The quantitative estimate of drug-likeness (QED) is 0.206. The maximum absolute atomic E-state index is 13.7. The van der Waals surface area contributed by atoms with Crippen molar-refractivity contribution in [3.05, 3.63) is 88.6 Å².